The molecule has 0 atom stereocenters. The minimum Gasteiger partial charge on any atom is -0.328 e. The molecule has 0 bridgehead atoms. The Kier molecular flexibility index (Phi) is 5.41. The van der Waals surface area contributed by atoms with Crippen LogP contribution in [-0.4, -0.2) is 18.6 Å². The van der Waals surface area contributed by atoms with Gasteiger partial charge in [0, 0.05) is 12.1 Å². The van der Waals surface area contributed by atoms with Gasteiger partial charge in [-0.3, -0.25) is 0 Å². The molecular weight excluding hydrogens is 232 g/mol. The van der Waals surface area contributed by atoms with Gasteiger partial charge in [0.2, 0.25) is 0 Å². The zero-order valence-electron chi connectivity index (χ0n) is 12.4. The van der Waals surface area contributed by atoms with Gasteiger partial charge in [-0.05, 0) is 55.7 Å². The lowest BCUT2D eigenvalue weighted by Crippen LogP contribution is -2.38. The summed E-state index contributed by atoms with van der Waals surface area (Å²) in [6, 6.07) is 10.2. The molecule has 0 unspecified atom stereocenters. The van der Waals surface area contributed by atoms with E-state index in [1.807, 2.05) is 0 Å². The topological polar surface area (TPSA) is 38.0 Å². The highest BCUT2D eigenvalue weighted by atomic mass is 14.9. The van der Waals surface area contributed by atoms with Gasteiger partial charge in [0.15, 0.2) is 0 Å². The maximum atomic E-state index is 5.93. The van der Waals surface area contributed by atoms with Crippen LogP contribution in [0, 0.1) is 0 Å². The molecule has 3 N–H and O–H groups in total. The van der Waals surface area contributed by atoms with Crippen LogP contribution in [0.1, 0.15) is 56.6 Å². The molecule has 1 aliphatic rings. The lowest BCUT2D eigenvalue weighted by atomic mass is 9.92. The van der Waals surface area contributed by atoms with Crippen LogP contribution in [0.5, 0.6) is 0 Å². The van der Waals surface area contributed by atoms with E-state index in [2.05, 4.69) is 43.4 Å². The molecule has 19 heavy (non-hydrogen) atoms. The molecular formula is C17H28N2. The fraction of sp³-hybridized carbons (Fsp3) is 0.647. The quantitative estimate of drug-likeness (QED) is 0.853. The molecule has 1 saturated carbocycles. The second kappa shape index (κ2) is 7.06. The molecule has 0 amide bonds. The largest absolute Gasteiger partial charge is 0.328 e. The second-order valence-corrected chi connectivity index (χ2v) is 6.21. The normalized spacial score (nSPS) is 23.8. The minimum absolute atomic E-state index is 0.446. The molecule has 2 rings (SSSR count). The third kappa shape index (κ3) is 4.63. The van der Waals surface area contributed by atoms with E-state index in [0.717, 1.165) is 13.0 Å². The summed E-state index contributed by atoms with van der Waals surface area (Å²) in [6.07, 6.45) is 5.98. The van der Waals surface area contributed by atoms with Crippen molar-refractivity contribution in [1.82, 2.24) is 5.32 Å². The van der Waals surface area contributed by atoms with Crippen LogP contribution < -0.4 is 11.1 Å². The summed E-state index contributed by atoms with van der Waals surface area (Å²) in [6.45, 7) is 5.57. The molecule has 1 aliphatic carbocycles. The van der Waals surface area contributed by atoms with E-state index in [4.69, 9.17) is 5.73 Å². The Labute approximate surface area is 117 Å². The standard InChI is InChI=1S/C17H28N2/c1-13(2)15-5-3-14(4-6-15)11-12-19-17-9-7-16(18)8-10-17/h3-6,13,16-17,19H,7-12,18H2,1-2H3. The predicted octanol–water partition coefficient (Wildman–Crippen LogP) is 3.21. The summed E-state index contributed by atoms with van der Waals surface area (Å²) in [4.78, 5) is 0. The van der Waals surface area contributed by atoms with E-state index >= 15 is 0 Å². The SMILES string of the molecule is CC(C)c1ccc(CCNC2CCC(N)CC2)cc1. The Morgan fingerprint density at radius 2 is 1.74 bits per heavy atom. The summed E-state index contributed by atoms with van der Waals surface area (Å²) in [5, 5.41) is 3.67. The second-order valence-electron chi connectivity index (χ2n) is 6.21. The number of hydrogen-bond donors (Lipinski definition) is 2. The summed E-state index contributed by atoms with van der Waals surface area (Å²) in [5.74, 6) is 0.624. The number of hydrogen-bond acceptors (Lipinski definition) is 2. The van der Waals surface area contributed by atoms with Crippen LogP contribution >= 0.6 is 0 Å². The first-order valence-corrected chi connectivity index (χ1v) is 7.73. The van der Waals surface area contributed by atoms with Crippen molar-refractivity contribution in [3.8, 4) is 0 Å². The maximum absolute atomic E-state index is 5.93. The highest BCUT2D eigenvalue weighted by molar-refractivity contribution is 5.24. The van der Waals surface area contributed by atoms with Crippen LogP contribution in [0.2, 0.25) is 0 Å². The van der Waals surface area contributed by atoms with Gasteiger partial charge >= 0.3 is 0 Å². The van der Waals surface area contributed by atoms with Crippen LogP contribution in [0.4, 0.5) is 0 Å². The van der Waals surface area contributed by atoms with E-state index in [0.29, 0.717) is 18.0 Å². The first kappa shape index (κ1) is 14.5. The molecule has 0 saturated heterocycles. The molecule has 0 aromatic heterocycles. The lowest BCUT2D eigenvalue weighted by Gasteiger charge is -2.26. The van der Waals surface area contributed by atoms with Crippen molar-refractivity contribution < 1.29 is 0 Å². The smallest absolute Gasteiger partial charge is 0.00683 e. The van der Waals surface area contributed by atoms with Crippen molar-refractivity contribution in [3.05, 3.63) is 35.4 Å². The Morgan fingerprint density at radius 1 is 1.11 bits per heavy atom. The van der Waals surface area contributed by atoms with Gasteiger partial charge in [0.05, 0.1) is 0 Å². The summed E-state index contributed by atoms with van der Waals surface area (Å²) in [7, 11) is 0. The van der Waals surface area contributed by atoms with Crippen molar-refractivity contribution in [1.29, 1.82) is 0 Å². The summed E-state index contributed by atoms with van der Waals surface area (Å²) >= 11 is 0. The van der Waals surface area contributed by atoms with Crippen LogP contribution in [-0.2, 0) is 6.42 Å². The molecule has 0 radical (unpaired) electrons. The van der Waals surface area contributed by atoms with Crippen LogP contribution in [0.15, 0.2) is 24.3 Å². The van der Waals surface area contributed by atoms with Crippen molar-refractivity contribution in [3.63, 3.8) is 0 Å². The van der Waals surface area contributed by atoms with Crippen molar-refractivity contribution in [2.24, 2.45) is 5.73 Å². The van der Waals surface area contributed by atoms with Crippen LogP contribution in [0.25, 0.3) is 0 Å². The Hall–Kier alpha value is -0.860. The molecule has 0 aliphatic heterocycles. The van der Waals surface area contributed by atoms with Crippen LogP contribution in [0.3, 0.4) is 0 Å². The molecule has 2 heteroatoms. The predicted molar refractivity (Wildman–Crippen MR) is 82.5 cm³/mol. The van der Waals surface area contributed by atoms with Gasteiger partial charge in [-0.1, -0.05) is 38.1 Å². The van der Waals surface area contributed by atoms with Crippen molar-refractivity contribution >= 4 is 0 Å². The Morgan fingerprint density at radius 3 is 2.32 bits per heavy atom. The van der Waals surface area contributed by atoms with E-state index < -0.39 is 0 Å². The van der Waals surface area contributed by atoms with Gasteiger partial charge in [-0.15, -0.1) is 0 Å². The first-order chi connectivity index (χ1) is 9.15. The summed E-state index contributed by atoms with van der Waals surface area (Å²) < 4.78 is 0. The zero-order valence-corrected chi connectivity index (χ0v) is 12.4. The first-order valence-electron chi connectivity index (χ1n) is 7.73. The van der Waals surface area contributed by atoms with E-state index in [9.17, 15) is 0 Å². The van der Waals surface area contributed by atoms with Gasteiger partial charge < -0.3 is 11.1 Å². The molecule has 1 aromatic carbocycles. The van der Waals surface area contributed by atoms with Crippen molar-refractivity contribution in [2.45, 2.75) is 64.0 Å². The Balaban J connectivity index is 1.70. The highest BCUT2D eigenvalue weighted by Gasteiger charge is 2.17. The molecule has 0 heterocycles. The van der Waals surface area contributed by atoms with Gasteiger partial charge in [-0.2, -0.15) is 0 Å². The monoisotopic (exact) mass is 260 g/mol. The fourth-order valence-corrected chi connectivity index (χ4v) is 2.81. The summed E-state index contributed by atoms with van der Waals surface area (Å²) in [5.41, 5.74) is 8.79. The lowest BCUT2D eigenvalue weighted by molar-refractivity contribution is 0.344. The van der Waals surface area contributed by atoms with E-state index in [1.54, 1.807) is 0 Å². The Bertz CT molecular complexity index is 361. The molecule has 0 spiro atoms. The van der Waals surface area contributed by atoms with Crippen molar-refractivity contribution in [2.75, 3.05) is 6.54 Å². The molecule has 1 aromatic rings. The van der Waals surface area contributed by atoms with Gasteiger partial charge in [0.1, 0.15) is 0 Å². The average Bonchev–Trinajstić information content (AvgIpc) is 2.41. The third-order valence-electron chi connectivity index (χ3n) is 4.26. The maximum Gasteiger partial charge on any atom is 0.00683 e. The highest BCUT2D eigenvalue weighted by Crippen LogP contribution is 2.17. The zero-order chi connectivity index (χ0) is 13.7. The number of rotatable bonds is 5. The number of nitrogens with two attached hydrogens (primary N) is 1. The molecule has 2 nitrogen and oxygen atoms in total. The number of nitrogens with one attached hydrogen (secondary N) is 1. The average molecular weight is 260 g/mol. The van der Waals surface area contributed by atoms with E-state index in [-0.39, 0.29) is 0 Å². The molecule has 1 fully saturated rings. The van der Waals surface area contributed by atoms with E-state index in [1.165, 1.54) is 36.8 Å². The molecule has 106 valence electrons. The number of benzene rings is 1. The van der Waals surface area contributed by atoms with Gasteiger partial charge in [-0.25, -0.2) is 0 Å². The third-order valence-corrected chi connectivity index (χ3v) is 4.26. The fourth-order valence-electron chi connectivity index (χ4n) is 2.81. The minimum atomic E-state index is 0.446. The van der Waals surface area contributed by atoms with Gasteiger partial charge in [0.25, 0.3) is 0 Å².